The molecule has 2 aromatic rings. The van der Waals surface area contributed by atoms with E-state index in [-0.39, 0.29) is 17.2 Å². The molecule has 33 heavy (non-hydrogen) atoms. The van der Waals surface area contributed by atoms with E-state index in [1.807, 2.05) is 30.7 Å². The van der Waals surface area contributed by atoms with E-state index in [1.165, 1.54) is 10.7 Å². The Balaban J connectivity index is 1.56. The minimum Gasteiger partial charge on any atom is -0.379 e. The molecule has 1 aromatic heterocycles. The van der Waals surface area contributed by atoms with Crippen LogP contribution >= 0.6 is 0 Å². The van der Waals surface area contributed by atoms with Crippen LogP contribution in [0.3, 0.4) is 0 Å². The Morgan fingerprint density at radius 3 is 2.45 bits per heavy atom. The number of aromatic nitrogens is 2. The number of amides is 1. The predicted octanol–water partition coefficient (Wildman–Crippen LogP) is 2.54. The third kappa shape index (κ3) is 5.56. The minimum atomic E-state index is -3.66. The second-order valence-corrected chi connectivity index (χ2v) is 10.6. The van der Waals surface area contributed by atoms with Gasteiger partial charge in [-0.1, -0.05) is 0 Å². The zero-order valence-corrected chi connectivity index (χ0v) is 20.2. The molecular formula is C23H33N5O4S. The van der Waals surface area contributed by atoms with Gasteiger partial charge in [0.15, 0.2) is 0 Å². The van der Waals surface area contributed by atoms with Crippen LogP contribution in [0.25, 0.3) is 0 Å². The number of benzene rings is 1. The molecule has 4 rings (SSSR count). The van der Waals surface area contributed by atoms with E-state index in [0.717, 1.165) is 43.0 Å². The first kappa shape index (κ1) is 23.7. The first-order chi connectivity index (χ1) is 15.8. The number of morpholine rings is 1. The molecule has 0 spiro atoms. The number of hydrogen-bond donors (Lipinski definition) is 1. The molecule has 1 N–H and O–H groups in total. The van der Waals surface area contributed by atoms with Crippen molar-refractivity contribution in [3.63, 3.8) is 0 Å². The zero-order chi connectivity index (χ0) is 23.4. The molecule has 0 aliphatic carbocycles. The molecule has 9 nitrogen and oxygen atoms in total. The summed E-state index contributed by atoms with van der Waals surface area (Å²) in [7, 11) is -3.66. The number of nitrogens with zero attached hydrogens (tertiary/aromatic N) is 4. The minimum absolute atomic E-state index is 0.165. The molecule has 0 saturated carbocycles. The van der Waals surface area contributed by atoms with E-state index in [2.05, 4.69) is 15.3 Å². The Hall–Kier alpha value is -2.43. The van der Waals surface area contributed by atoms with E-state index in [4.69, 9.17) is 4.74 Å². The molecule has 1 aromatic carbocycles. The average molecular weight is 476 g/mol. The van der Waals surface area contributed by atoms with Gasteiger partial charge in [-0.2, -0.15) is 9.40 Å². The van der Waals surface area contributed by atoms with Gasteiger partial charge in [-0.15, -0.1) is 0 Å². The number of nitrogens with one attached hydrogen (secondary N) is 1. The molecule has 10 heteroatoms. The lowest BCUT2D eigenvalue weighted by atomic mass is 10.1. The van der Waals surface area contributed by atoms with Gasteiger partial charge in [-0.3, -0.25) is 9.48 Å². The van der Waals surface area contributed by atoms with Crippen molar-refractivity contribution < 1.29 is 17.9 Å². The van der Waals surface area contributed by atoms with Gasteiger partial charge < -0.3 is 15.0 Å². The lowest BCUT2D eigenvalue weighted by molar-refractivity contribution is -0.116. The number of carbonyl (C=O) groups excluding carboxylic acids is 1. The molecule has 2 aliphatic heterocycles. The molecule has 2 aliphatic rings. The van der Waals surface area contributed by atoms with Gasteiger partial charge in [-0.25, -0.2) is 8.42 Å². The Bertz CT molecular complexity index is 1090. The van der Waals surface area contributed by atoms with Gasteiger partial charge in [0.1, 0.15) is 0 Å². The van der Waals surface area contributed by atoms with E-state index < -0.39 is 10.0 Å². The lowest BCUT2D eigenvalue weighted by Gasteiger charge is -2.31. The molecule has 2 fully saturated rings. The number of hydrogen-bond acceptors (Lipinski definition) is 6. The van der Waals surface area contributed by atoms with Gasteiger partial charge >= 0.3 is 0 Å². The summed E-state index contributed by atoms with van der Waals surface area (Å²) in [6.07, 6.45) is 3.60. The lowest BCUT2D eigenvalue weighted by Crippen LogP contribution is -2.40. The predicted molar refractivity (Wildman–Crippen MR) is 127 cm³/mol. The number of ether oxygens (including phenoxy) is 1. The molecule has 0 radical (unpaired) electrons. The van der Waals surface area contributed by atoms with Gasteiger partial charge in [0.2, 0.25) is 15.9 Å². The number of sulfonamides is 1. The van der Waals surface area contributed by atoms with Crippen molar-refractivity contribution in [2.75, 3.05) is 49.6 Å². The van der Waals surface area contributed by atoms with E-state index >= 15 is 0 Å². The Morgan fingerprint density at radius 1 is 1.06 bits per heavy atom. The summed E-state index contributed by atoms with van der Waals surface area (Å²) in [4.78, 5) is 15.3. The molecular weight excluding hydrogens is 442 g/mol. The Morgan fingerprint density at radius 2 is 1.79 bits per heavy atom. The largest absolute Gasteiger partial charge is 0.379 e. The highest BCUT2D eigenvalue weighted by Gasteiger charge is 2.28. The van der Waals surface area contributed by atoms with Crippen LogP contribution < -0.4 is 10.2 Å². The molecule has 2 saturated heterocycles. The monoisotopic (exact) mass is 475 g/mol. The number of piperidine rings is 1. The normalized spacial score (nSPS) is 17.8. The number of carbonyl (C=O) groups is 1. The first-order valence-electron chi connectivity index (χ1n) is 11.6. The molecule has 180 valence electrons. The van der Waals surface area contributed by atoms with Crippen LogP contribution in [0.1, 0.15) is 37.1 Å². The molecule has 0 unspecified atom stereocenters. The Labute approximate surface area is 195 Å². The van der Waals surface area contributed by atoms with Gasteiger partial charge in [0, 0.05) is 44.8 Å². The molecule has 1 amide bonds. The summed E-state index contributed by atoms with van der Waals surface area (Å²) in [5, 5.41) is 7.40. The molecule has 0 bridgehead atoms. The van der Waals surface area contributed by atoms with Crippen molar-refractivity contribution in [2.24, 2.45) is 0 Å². The number of aryl methyl sites for hydroxylation is 3. The van der Waals surface area contributed by atoms with Crippen molar-refractivity contribution >= 4 is 27.3 Å². The standard InChI is InChI=1S/C23H33N5O4S/c1-18-16-19(2)28(25-18)11-8-23(29)24-21-17-20(33(30,31)27-12-14-32-15-13-27)6-7-22(21)26-9-4-3-5-10-26/h6-7,16-17H,3-5,8-15H2,1-2H3,(H,24,29). The smallest absolute Gasteiger partial charge is 0.243 e. The summed E-state index contributed by atoms with van der Waals surface area (Å²) in [6.45, 7) is 7.59. The zero-order valence-electron chi connectivity index (χ0n) is 19.4. The number of anilines is 2. The second kappa shape index (κ2) is 10.2. The molecule has 3 heterocycles. The van der Waals surface area contributed by atoms with E-state index in [0.29, 0.717) is 38.5 Å². The highest BCUT2D eigenvalue weighted by Crippen LogP contribution is 2.32. The van der Waals surface area contributed by atoms with Crippen LogP contribution in [0.5, 0.6) is 0 Å². The maximum absolute atomic E-state index is 13.2. The van der Waals surface area contributed by atoms with Crippen LogP contribution in [0.15, 0.2) is 29.2 Å². The third-order valence-electron chi connectivity index (χ3n) is 6.20. The second-order valence-electron chi connectivity index (χ2n) is 8.69. The maximum atomic E-state index is 13.2. The maximum Gasteiger partial charge on any atom is 0.243 e. The fourth-order valence-corrected chi connectivity index (χ4v) is 5.88. The SMILES string of the molecule is Cc1cc(C)n(CCC(=O)Nc2cc(S(=O)(=O)N3CCOCC3)ccc2N2CCCCC2)n1. The third-order valence-corrected chi connectivity index (χ3v) is 8.10. The summed E-state index contributed by atoms with van der Waals surface area (Å²) in [6, 6.07) is 7.07. The van der Waals surface area contributed by atoms with Crippen molar-refractivity contribution in [1.29, 1.82) is 0 Å². The summed E-state index contributed by atoms with van der Waals surface area (Å²) < 4.78 is 35.0. The van der Waals surface area contributed by atoms with Crippen molar-refractivity contribution in [1.82, 2.24) is 14.1 Å². The van der Waals surface area contributed by atoms with E-state index in [9.17, 15) is 13.2 Å². The van der Waals surface area contributed by atoms with Crippen molar-refractivity contribution in [2.45, 2.75) is 51.0 Å². The van der Waals surface area contributed by atoms with Crippen molar-refractivity contribution in [3.05, 3.63) is 35.7 Å². The summed E-state index contributed by atoms with van der Waals surface area (Å²) >= 11 is 0. The van der Waals surface area contributed by atoms with Crippen LogP contribution in [0, 0.1) is 13.8 Å². The summed E-state index contributed by atoms with van der Waals surface area (Å²) in [5.41, 5.74) is 3.34. The van der Waals surface area contributed by atoms with Gasteiger partial charge in [-0.05, 0) is 57.4 Å². The Kier molecular flexibility index (Phi) is 7.35. The topological polar surface area (TPSA) is 96.8 Å². The van der Waals surface area contributed by atoms with Gasteiger partial charge in [0.25, 0.3) is 0 Å². The van der Waals surface area contributed by atoms with Crippen molar-refractivity contribution in [3.8, 4) is 0 Å². The molecule has 0 atom stereocenters. The first-order valence-corrected chi connectivity index (χ1v) is 13.1. The van der Waals surface area contributed by atoms with Crippen LogP contribution in [-0.4, -0.2) is 67.8 Å². The summed E-state index contributed by atoms with van der Waals surface area (Å²) in [5.74, 6) is -0.165. The fraction of sp³-hybridized carbons (Fsp3) is 0.565. The van der Waals surface area contributed by atoms with Crippen LogP contribution in [-0.2, 0) is 26.1 Å². The van der Waals surface area contributed by atoms with Gasteiger partial charge in [0.05, 0.1) is 35.2 Å². The quantitative estimate of drug-likeness (QED) is 0.661. The number of rotatable bonds is 7. The average Bonchev–Trinajstić information content (AvgIpc) is 3.15. The highest BCUT2D eigenvalue weighted by molar-refractivity contribution is 7.89. The van der Waals surface area contributed by atoms with Crippen LogP contribution in [0.4, 0.5) is 11.4 Å². The fourth-order valence-electron chi connectivity index (χ4n) is 4.44. The van der Waals surface area contributed by atoms with E-state index in [1.54, 1.807) is 12.1 Å². The van der Waals surface area contributed by atoms with Crippen LogP contribution in [0.2, 0.25) is 0 Å². The highest BCUT2D eigenvalue weighted by atomic mass is 32.2.